The number of amides is 1. The third-order valence-electron chi connectivity index (χ3n) is 4.43. The number of carbonyl (C=O) groups is 1. The number of rotatable bonds is 5. The van der Waals surface area contributed by atoms with E-state index in [1.807, 2.05) is 12.1 Å². The second-order valence-electron chi connectivity index (χ2n) is 6.54. The molecule has 0 atom stereocenters. The lowest BCUT2D eigenvalue weighted by Crippen LogP contribution is -2.16. The molecule has 0 aliphatic rings. The first-order valence-corrected chi connectivity index (χ1v) is 10.9. The highest BCUT2D eigenvalue weighted by Crippen LogP contribution is 2.24. The molecule has 3 nitrogen and oxygen atoms in total. The van der Waals surface area contributed by atoms with Gasteiger partial charge < -0.3 is 4.57 Å². The van der Waals surface area contributed by atoms with E-state index in [4.69, 9.17) is 0 Å². The summed E-state index contributed by atoms with van der Waals surface area (Å²) >= 11 is 3.31. The lowest BCUT2D eigenvalue weighted by Gasteiger charge is -2.05. The van der Waals surface area contributed by atoms with Gasteiger partial charge in [0.15, 0.2) is 4.80 Å². The fraction of sp³-hybridized carbons (Fsp3) is 0.333. The second-order valence-corrected chi connectivity index (χ2v) is 8.43. The van der Waals surface area contributed by atoms with Gasteiger partial charge in [-0.25, -0.2) is 0 Å². The van der Waals surface area contributed by atoms with E-state index < -0.39 is 0 Å². The summed E-state index contributed by atoms with van der Waals surface area (Å²) < 4.78 is 3.29. The molecule has 0 unspecified atom stereocenters. The molecule has 0 aliphatic heterocycles. The van der Waals surface area contributed by atoms with Crippen LogP contribution in [-0.2, 0) is 17.8 Å². The van der Waals surface area contributed by atoms with Crippen LogP contribution in [0.2, 0.25) is 0 Å². The Morgan fingerprint density at radius 1 is 1.19 bits per heavy atom. The van der Waals surface area contributed by atoms with E-state index in [1.54, 1.807) is 23.1 Å². The Morgan fingerprint density at radius 2 is 1.92 bits per heavy atom. The Hall–Kier alpha value is -1.85. The van der Waals surface area contributed by atoms with Crippen molar-refractivity contribution in [3.05, 3.63) is 58.4 Å². The molecule has 0 radical (unpaired) electrons. The summed E-state index contributed by atoms with van der Waals surface area (Å²) in [4.78, 5) is 18.9. The van der Waals surface area contributed by atoms with Crippen LogP contribution in [0.25, 0.3) is 10.2 Å². The van der Waals surface area contributed by atoms with Crippen LogP contribution in [-0.4, -0.2) is 16.7 Å². The van der Waals surface area contributed by atoms with Crippen molar-refractivity contribution in [1.82, 2.24) is 4.57 Å². The average molecular weight is 385 g/mol. The van der Waals surface area contributed by atoms with E-state index in [2.05, 4.69) is 66.9 Å². The third-order valence-corrected chi connectivity index (χ3v) is 6.19. The van der Waals surface area contributed by atoms with Crippen molar-refractivity contribution in [1.29, 1.82) is 0 Å². The van der Waals surface area contributed by atoms with Crippen molar-refractivity contribution >= 4 is 39.2 Å². The first-order valence-electron chi connectivity index (χ1n) is 8.85. The molecule has 1 heterocycles. The molecule has 5 heteroatoms. The Kier molecular flexibility index (Phi) is 5.99. The summed E-state index contributed by atoms with van der Waals surface area (Å²) in [6.45, 7) is 7.22. The highest BCUT2D eigenvalue weighted by Gasteiger charge is 2.08. The van der Waals surface area contributed by atoms with Gasteiger partial charge >= 0.3 is 0 Å². The van der Waals surface area contributed by atoms with Crippen molar-refractivity contribution in [2.75, 3.05) is 6.26 Å². The van der Waals surface area contributed by atoms with Crippen LogP contribution in [0.5, 0.6) is 0 Å². The minimum atomic E-state index is -0.0962. The van der Waals surface area contributed by atoms with Gasteiger partial charge in [0.25, 0.3) is 5.91 Å². The highest BCUT2D eigenvalue weighted by molar-refractivity contribution is 7.98. The molecule has 0 spiro atoms. The third kappa shape index (κ3) is 4.10. The van der Waals surface area contributed by atoms with E-state index in [1.165, 1.54) is 15.2 Å². The maximum Gasteiger partial charge on any atom is 0.252 e. The predicted molar refractivity (Wildman–Crippen MR) is 112 cm³/mol. The van der Waals surface area contributed by atoms with Crippen LogP contribution in [0.3, 0.4) is 0 Å². The van der Waals surface area contributed by atoms with Crippen molar-refractivity contribution in [3.63, 3.8) is 0 Å². The first kappa shape index (κ1) is 18.9. The number of hydrogen-bond acceptors (Lipinski definition) is 3. The number of thiazole rings is 1. The van der Waals surface area contributed by atoms with E-state index in [0.29, 0.717) is 12.3 Å². The number of aromatic nitrogens is 1. The Bertz CT molecular complexity index is 981. The summed E-state index contributed by atoms with van der Waals surface area (Å²) in [7, 11) is 0. The highest BCUT2D eigenvalue weighted by atomic mass is 32.2. The number of benzene rings is 2. The number of carbonyl (C=O) groups excluding carboxylic acids is 1. The van der Waals surface area contributed by atoms with Gasteiger partial charge in [-0.15, -0.1) is 11.8 Å². The van der Waals surface area contributed by atoms with E-state index in [9.17, 15) is 4.79 Å². The molecule has 26 heavy (non-hydrogen) atoms. The van der Waals surface area contributed by atoms with Crippen LogP contribution in [0.1, 0.15) is 37.8 Å². The van der Waals surface area contributed by atoms with Gasteiger partial charge in [0.1, 0.15) is 0 Å². The lowest BCUT2D eigenvalue weighted by atomic mass is 10.0. The number of fused-ring (bicyclic) bond motifs is 1. The van der Waals surface area contributed by atoms with Crippen molar-refractivity contribution in [3.8, 4) is 0 Å². The first-order chi connectivity index (χ1) is 12.5. The van der Waals surface area contributed by atoms with Gasteiger partial charge in [0, 0.05) is 11.4 Å². The van der Waals surface area contributed by atoms with Gasteiger partial charge in [-0.1, -0.05) is 49.4 Å². The summed E-state index contributed by atoms with van der Waals surface area (Å²) in [6.07, 6.45) is 2.41. The van der Waals surface area contributed by atoms with Crippen LogP contribution in [0, 0.1) is 0 Å². The zero-order valence-corrected chi connectivity index (χ0v) is 17.3. The van der Waals surface area contributed by atoms with E-state index in [-0.39, 0.29) is 5.91 Å². The summed E-state index contributed by atoms with van der Waals surface area (Å²) in [6, 6.07) is 14.7. The maximum atomic E-state index is 12.5. The molecule has 136 valence electrons. The molecule has 1 amide bonds. The summed E-state index contributed by atoms with van der Waals surface area (Å²) in [5.74, 6) is 0.402. The quantitative estimate of drug-likeness (QED) is 0.564. The fourth-order valence-electron chi connectivity index (χ4n) is 2.91. The van der Waals surface area contributed by atoms with Crippen LogP contribution in [0.4, 0.5) is 0 Å². The fourth-order valence-corrected chi connectivity index (χ4v) is 4.58. The Balaban J connectivity index is 1.89. The molecule has 0 bridgehead atoms. The predicted octanol–water partition coefficient (Wildman–Crippen LogP) is 5.24. The van der Waals surface area contributed by atoms with Gasteiger partial charge in [0.2, 0.25) is 0 Å². The van der Waals surface area contributed by atoms with Gasteiger partial charge in [-0.3, -0.25) is 4.79 Å². The molecule has 3 rings (SSSR count). The average Bonchev–Trinajstić information content (AvgIpc) is 2.97. The molecule has 0 N–H and O–H groups in total. The summed E-state index contributed by atoms with van der Waals surface area (Å²) in [5.41, 5.74) is 3.44. The smallest absolute Gasteiger partial charge is 0.252 e. The molecule has 0 saturated heterocycles. The summed E-state index contributed by atoms with van der Waals surface area (Å²) in [5, 5.41) is 0. The minimum absolute atomic E-state index is 0.0962. The number of hydrogen-bond donors (Lipinski definition) is 0. The Morgan fingerprint density at radius 3 is 2.54 bits per heavy atom. The molecule has 0 aliphatic carbocycles. The van der Waals surface area contributed by atoms with Crippen molar-refractivity contribution in [2.24, 2.45) is 4.99 Å². The van der Waals surface area contributed by atoms with Crippen LogP contribution in [0.15, 0.2) is 52.4 Å². The van der Waals surface area contributed by atoms with E-state index in [0.717, 1.165) is 22.4 Å². The molecular formula is C21H24N2OS2. The Labute approximate surface area is 162 Å². The van der Waals surface area contributed by atoms with Gasteiger partial charge in [0.05, 0.1) is 16.6 Å². The van der Waals surface area contributed by atoms with Crippen molar-refractivity contribution < 1.29 is 4.79 Å². The molecule has 1 aromatic heterocycles. The standard InChI is InChI=1S/C21H24N2OS2/c1-5-23-18-11-10-17(25-4)13-19(18)26-21(23)22-20(24)12-15-6-8-16(9-7-15)14(2)3/h6-11,13-14H,5,12H2,1-4H3. The molecule has 0 saturated carbocycles. The number of thioether (sulfide) groups is 1. The van der Waals surface area contributed by atoms with Crippen LogP contribution >= 0.6 is 23.1 Å². The normalized spacial score (nSPS) is 12.3. The SMILES string of the molecule is CCn1c(=NC(=O)Cc2ccc(C(C)C)cc2)sc2cc(SC)ccc21. The molecule has 2 aromatic carbocycles. The second kappa shape index (κ2) is 8.23. The van der Waals surface area contributed by atoms with E-state index >= 15 is 0 Å². The van der Waals surface area contributed by atoms with Gasteiger partial charge in [-0.2, -0.15) is 4.99 Å². The molecular weight excluding hydrogens is 360 g/mol. The van der Waals surface area contributed by atoms with Gasteiger partial charge in [-0.05, 0) is 48.4 Å². The zero-order valence-electron chi connectivity index (χ0n) is 15.7. The maximum absolute atomic E-state index is 12.5. The van der Waals surface area contributed by atoms with Crippen LogP contribution < -0.4 is 4.80 Å². The number of aryl methyl sites for hydroxylation is 1. The zero-order chi connectivity index (χ0) is 18.7. The van der Waals surface area contributed by atoms with Crippen molar-refractivity contribution in [2.45, 2.75) is 44.6 Å². The molecule has 3 aromatic rings. The monoisotopic (exact) mass is 384 g/mol. The minimum Gasteiger partial charge on any atom is -0.317 e. The number of nitrogens with zero attached hydrogens (tertiary/aromatic N) is 2. The largest absolute Gasteiger partial charge is 0.317 e. The molecule has 0 fully saturated rings. The topological polar surface area (TPSA) is 34.4 Å². The lowest BCUT2D eigenvalue weighted by molar-refractivity contribution is -0.117.